The van der Waals surface area contributed by atoms with Gasteiger partial charge in [0.25, 0.3) is 0 Å². The maximum atomic E-state index is 5.88. The fraction of sp³-hybridized carbons (Fsp3) is 0.750. The second-order valence-electron chi connectivity index (χ2n) is 5.48. The van der Waals surface area contributed by atoms with Gasteiger partial charge in [-0.1, -0.05) is 0 Å². The Morgan fingerprint density at radius 2 is 2.25 bits per heavy atom. The monoisotopic (exact) mass is 223 g/mol. The van der Waals surface area contributed by atoms with Gasteiger partial charge in [-0.15, -0.1) is 0 Å². The Kier molecular flexibility index (Phi) is 3.30. The van der Waals surface area contributed by atoms with Gasteiger partial charge >= 0.3 is 0 Å². The number of nitrogens with zero attached hydrogens (tertiary/aromatic N) is 1. The van der Waals surface area contributed by atoms with E-state index in [1.807, 2.05) is 6.07 Å². The molecule has 16 heavy (non-hydrogen) atoms. The van der Waals surface area contributed by atoms with E-state index in [0.29, 0.717) is 12.1 Å². The topological polar surface area (TPSA) is 49.9 Å². The zero-order valence-corrected chi connectivity index (χ0v) is 10.3. The Balaban J connectivity index is 1.62. The van der Waals surface area contributed by atoms with E-state index in [-0.39, 0.29) is 5.60 Å². The molecule has 0 radical (unpaired) electrons. The van der Waals surface area contributed by atoms with Crippen molar-refractivity contribution in [3.05, 3.63) is 18.0 Å². The van der Waals surface area contributed by atoms with E-state index in [1.165, 1.54) is 0 Å². The van der Waals surface area contributed by atoms with Gasteiger partial charge in [-0.25, -0.2) is 0 Å². The molecule has 0 aromatic carbocycles. The molecule has 2 rings (SSSR count). The molecule has 0 amide bonds. The lowest BCUT2D eigenvalue weighted by Gasteiger charge is -2.39. The minimum absolute atomic E-state index is 0.0149. The largest absolute Gasteiger partial charge is 0.373 e. The summed E-state index contributed by atoms with van der Waals surface area (Å²) < 4.78 is 5.88. The van der Waals surface area contributed by atoms with Crippen LogP contribution >= 0.6 is 0 Å². The molecule has 1 saturated carbocycles. The first-order chi connectivity index (χ1) is 7.53. The van der Waals surface area contributed by atoms with E-state index < -0.39 is 0 Å². The molecular weight excluding hydrogens is 202 g/mol. The average molecular weight is 223 g/mol. The molecule has 4 heteroatoms. The Morgan fingerprint density at radius 3 is 2.81 bits per heavy atom. The van der Waals surface area contributed by atoms with Crippen LogP contribution in [0.25, 0.3) is 0 Å². The van der Waals surface area contributed by atoms with Crippen molar-refractivity contribution in [1.82, 2.24) is 15.5 Å². The van der Waals surface area contributed by atoms with Crippen molar-refractivity contribution in [2.24, 2.45) is 0 Å². The zero-order valence-electron chi connectivity index (χ0n) is 10.3. The third kappa shape index (κ3) is 3.32. The van der Waals surface area contributed by atoms with Crippen LogP contribution in [0.2, 0.25) is 0 Å². The summed E-state index contributed by atoms with van der Waals surface area (Å²) in [7, 11) is 0. The van der Waals surface area contributed by atoms with Crippen LogP contribution in [0.3, 0.4) is 0 Å². The summed E-state index contributed by atoms with van der Waals surface area (Å²) in [6, 6.07) is 2.59. The minimum atomic E-state index is -0.0149. The van der Waals surface area contributed by atoms with Crippen LogP contribution in [0, 0.1) is 0 Å². The number of aromatic nitrogens is 2. The fourth-order valence-electron chi connectivity index (χ4n) is 1.97. The van der Waals surface area contributed by atoms with Crippen molar-refractivity contribution in [3.8, 4) is 0 Å². The second-order valence-corrected chi connectivity index (χ2v) is 5.48. The Bertz CT molecular complexity index is 310. The summed E-state index contributed by atoms with van der Waals surface area (Å²) in [4.78, 5) is 0. The molecule has 0 bridgehead atoms. The number of hydrogen-bond acceptors (Lipinski definition) is 3. The Hall–Kier alpha value is -0.870. The van der Waals surface area contributed by atoms with Gasteiger partial charge in [0.2, 0.25) is 0 Å². The van der Waals surface area contributed by atoms with Crippen molar-refractivity contribution in [2.75, 3.05) is 0 Å². The fourth-order valence-corrected chi connectivity index (χ4v) is 1.97. The normalized spacial score (nSPS) is 25.4. The van der Waals surface area contributed by atoms with Crippen LogP contribution < -0.4 is 5.32 Å². The van der Waals surface area contributed by atoms with Gasteiger partial charge in [-0.05, 0) is 39.7 Å². The van der Waals surface area contributed by atoms with Crippen molar-refractivity contribution in [3.63, 3.8) is 0 Å². The molecule has 2 N–H and O–H groups in total. The summed E-state index contributed by atoms with van der Waals surface area (Å²) in [5.74, 6) is 0. The molecule has 90 valence electrons. The van der Waals surface area contributed by atoms with Crippen molar-refractivity contribution in [2.45, 2.75) is 57.9 Å². The van der Waals surface area contributed by atoms with Gasteiger partial charge in [0.15, 0.2) is 0 Å². The highest BCUT2D eigenvalue weighted by Crippen LogP contribution is 2.27. The zero-order chi connectivity index (χ0) is 11.6. The van der Waals surface area contributed by atoms with Crippen LogP contribution in [0.4, 0.5) is 0 Å². The third-order valence-electron chi connectivity index (χ3n) is 2.75. The summed E-state index contributed by atoms with van der Waals surface area (Å²) in [5.41, 5.74) is 1.12. The van der Waals surface area contributed by atoms with Crippen molar-refractivity contribution in [1.29, 1.82) is 0 Å². The smallest absolute Gasteiger partial charge is 0.0612 e. The van der Waals surface area contributed by atoms with Crippen molar-refractivity contribution >= 4 is 0 Å². The number of nitrogens with one attached hydrogen (secondary N) is 2. The quantitative estimate of drug-likeness (QED) is 0.819. The lowest BCUT2D eigenvalue weighted by molar-refractivity contribution is -0.102. The van der Waals surface area contributed by atoms with Gasteiger partial charge in [0.1, 0.15) is 0 Å². The first-order valence-corrected chi connectivity index (χ1v) is 5.92. The summed E-state index contributed by atoms with van der Waals surface area (Å²) in [5, 5.41) is 10.4. The lowest BCUT2D eigenvalue weighted by Crippen LogP contribution is -2.47. The second kappa shape index (κ2) is 4.55. The molecule has 1 heterocycles. The van der Waals surface area contributed by atoms with Crippen LogP contribution in [0.15, 0.2) is 12.3 Å². The van der Waals surface area contributed by atoms with Gasteiger partial charge in [0.05, 0.1) is 11.7 Å². The molecule has 0 saturated heterocycles. The number of hydrogen-bond donors (Lipinski definition) is 2. The number of aromatic amines is 1. The average Bonchev–Trinajstić information content (AvgIpc) is 2.59. The molecule has 1 fully saturated rings. The summed E-state index contributed by atoms with van der Waals surface area (Å²) in [6.45, 7) is 7.20. The minimum Gasteiger partial charge on any atom is -0.373 e. The molecule has 1 aliphatic rings. The molecule has 1 aromatic rings. The molecule has 1 aromatic heterocycles. The molecule has 0 atom stereocenters. The molecule has 0 spiro atoms. The van der Waals surface area contributed by atoms with Gasteiger partial charge in [0, 0.05) is 24.5 Å². The van der Waals surface area contributed by atoms with Crippen LogP contribution in [0.1, 0.15) is 39.3 Å². The van der Waals surface area contributed by atoms with E-state index in [1.54, 1.807) is 6.20 Å². The van der Waals surface area contributed by atoms with E-state index in [0.717, 1.165) is 25.1 Å². The van der Waals surface area contributed by atoms with E-state index in [4.69, 9.17) is 4.74 Å². The highest BCUT2D eigenvalue weighted by atomic mass is 16.5. The predicted molar refractivity (Wildman–Crippen MR) is 63.1 cm³/mol. The van der Waals surface area contributed by atoms with E-state index in [2.05, 4.69) is 36.3 Å². The van der Waals surface area contributed by atoms with Gasteiger partial charge in [-0.3, -0.25) is 5.10 Å². The first kappa shape index (κ1) is 11.6. The summed E-state index contributed by atoms with van der Waals surface area (Å²) >= 11 is 0. The number of rotatable bonds is 4. The Labute approximate surface area is 96.8 Å². The molecule has 0 unspecified atom stereocenters. The maximum absolute atomic E-state index is 5.88. The predicted octanol–water partition coefficient (Wildman–Crippen LogP) is 1.85. The molecular formula is C12H21N3O. The molecule has 0 aliphatic heterocycles. The maximum Gasteiger partial charge on any atom is 0.0612 e. The van der Waals surface area contributed by atoms with Gasteiger partial charge < -0.3 is 10.1 Å². The molecule has 4 nitrogen and oxygen atoms in total. The highest BCUT2D eigenvalue weighted by Gasteiger charge is 2.32. The SMILES string of the molecule is CC(C)(C)OC1CC(NCc2ccn[nH]2)C1. The number of ether oxygens (including phenoxy) is 1. The summed E-state index contributed by atoms with van der Waals surface area (Å²) in [6.07, 6.45) is 4.44. The van der Waals surface area contributed by atoms with E-state index in [9.17, 15) is 0 Å². The first-order valence-electron chi connectivity index (χ1n) is 5.92. The molecule has 1 aliphatic carbocycles. The standard InChI is InChI=1S/C12H21N3O/c1-12(2,3)16-11-6-10(7-11)13-8-9-4-5-14-15-9/h4-5,10-11,13H,6-8H2,1-3H3,(H,14,15). The lowest BCUT2D eigenvalue weighted by atomic mass is 9.88. The van der Waals surface area contributed by atoms with Crippen LogP contribution in [0.5, 0.6) is 0 Å². The van der Waals surface area contributed by atoms with Crippen LogP contribution in [-0.4, -0.2) is 27.9 Å². The van der Waals surface area contributed by atoms with Crippen molar-refractivity contribution < 1.29 is 4.74 Å². The third-order valence-corrected chi connectivity index (χ3v) is 2.75. The van der Waals surface area contributed by atoms with Crippen LogP contribution in [-0.2, 0) is 11.3 Å². The van der Waals surface area contributed by atoms with E-state index >= 15 is 0 Å². The highest BCUT2D eigenvalue weighted by molar-refractivity contribution is 4.98. The van der Waals surface area contributed by atoms with Gasteiger partial charge in [-0.2, -0.15) is 5.10 Å². The Morgan fingerprint density at radius 1 is 1.50 bits per heavy atom. The number of H-pyrrole nitrogens is 1.